The van der Waals surface area contributed by atoms with Crippen molar-refractivity contribution in [1.82, 2.24) is 20.1 Å². The van der Waals surface area contributed by atoms with Gasteiger partial charge in [0.15, 0.2) is 0 Å². The van der Waals surface area contributed by atoms with Crippen LogP contribution in [0.3, 0.4) is 0 Å². The average molecular weight is 668 g/mol. The first-order valence-corrected chi connectivity index (χ1v) is 17.1. The smallest absolute Gasteiger partial charge is 0.255 e. The molecule has 2 fully saturated rings. The molecule has 0 saturated carbocycles. The highest BCUT2D eigenvalue weighted by Gasteiger charge is 2.44. The lowest BCUT2D eigenvalue weighted by Gasteiger charge is -2.39. The van der Waals surface area contributed by atoms with Crippen molar-refractivity contribution in [2.75, 3.05) is 25.1 Å². The summed E-state index contributed by atoms with van der Waals surface area (Å²) in [7, 11) is 0. The molecule has 10 nitrogen and oxygen atoms in total. The highest BCUT2D eigenvalue weighted by molar-refractivity contribution is 6.05. The summed E-state index contributed by atoms with van der Waals surface area (Å²) < 4.78 is 6.05. The lowest BCUT2D eigenvalue weighted by Crippen LogP contribution is -2.52. The largest absolute Gasteiger partial charge is 0.481 e. The van der Waals surface area contributed by atoms with Crippen molar-refractivity contribution < 1.29 is 24.2 Å². The summed E-state index contributed by atoms with van der Waals surface area (Å²) in [6, 6.07) is 23.7. The van der Waals surface area contributed by atoms with Gasteiger partial charge in [0.25, 0.3) is 5.91 Å². The van der Waals surface area contributed by atoms with Gasteiger partial charge in [-0.05, 0) is 90.2 Å². The Morgan fingerprint density at radius 3 is 2.64 bits per heavy atom. The number of pyridine rings is 1. The zero-order chi connectivity index (χ0) is 34.2. The zero-order valence-corrected chi connectivity index (χ0v) is 27.5. The highest BCUT2D eigenvalue weighted by atomic mass is 16.5. The van der Waals surface area contributed by atoms with Crippen LogP contribution in [-0.2, 0) is 22.7 Å². The maximum atomic E-state index is 13.2. The van der Waals surface area contributed by atoms with Gasteiger partial charge in [-0.1, -0.05) is 36.1 Å². The minimum absolute atomic E-state index is 0.0170. The lowest BCUT2D eigenvalue weighted by atomic mass is 9.82. The number of benzene rings is 3. The summed E-state index contributed by atoms with van der Waals surface area (Å²) in [5.41, 5.74) is 7.80. The van der Waals surface area contributed by atoms with Crippen LogP contribution in [0, 0.1) is 17.8 Å². The van der Waals surface area contributed by atoms with Gasteiger partial charge >= 0.3 is 0 Å². The van der Waals surface area contributed by atoms with Crippen molar-refractivity contribution in [2.45, 2.75) is 50.5 Å². The fraction of sp³-hybridized carbons (Fsp3) is 0.300. The molecule has 8 rings (SSSR count). The van der Waals surface area contributed by atoms with Crippen molar-refractivity contribution in [3.05, 3.63) is 113 Å². The third-order valence-electron chi connectivity index (χ3n) is 10.4. The number of imide groups is 1. The molecule has 4 aromatic rings. The fourth-order valence-corrected chi connectivity index (χ4v) is 7.96. The summed E-state index contributed by atoms with van der Waals surface area (Å²) in [5, 5.41) is 16.2. The summed E-state index contributed by atoms with van der Waals surface area (Å²) in [6.07, 6.45) is 5.21. The lowest BCUT2D eigenvalue weighted by molar-refractivity contribution is -0.136. The highest BCUT2D eigenvalue weighted by Crippen LogP contribution is 2.48. The van der Waals surface area contributed by atoms with E-state index in [1.54, 1.807) is 12.1 Å². The summed E-state index contributed by atoms with van der Waals surface area (Å²) in [6.45, 7) is 2.26. The number of piperidine rings is 1. The van der Waals surface area contributed by atoms with Crippen LogP contribution >= 0.6 is 0 Å². The van der Waals surface area contributed by atoms with Crippen LogP contribution < -0.4 is 15.4 Å². The first kappa shape index (κ1) is 31.7. The number of nitrogens with one attached hydrogen (secondary N) is 2. The van der Waals surface area contributed by atoms with Crippen LogP contribution in [0.1, 0.15) is 57.9 Å². The Hall–Kier alpha value is -5.50. The second-order valence-corrected chi connectivity index (χ2v) is 13.3. The number of anilines is 1. The molecule has 1 unspecified atom stereocenters. The van der Waals surface area contributed by atoms with Crippen LogP contribution in [0.5, 0.6) is 5.75 Å². The van der Waals surface area contributed by atoms with Crippen molar-refractivity contribution in [3.8, 4) is 28.7 Å². The maximum Gasteiger partial charge on any atom is 0.255 e. The van der Waals surface area contributed by atoms with E-state index in [4.69, 9.17) is 4.74 Å². The van der Waals surface area contributed by atoms with Gasteiger partial charge in [0, 0.05) is 59.7 Å². The number of carbonyl (C=O) groups is 3. The molecule has 0 radical (unpaired) electrons. The number of likely N-dealkylation sites (tertiary alicyclic amines) is 1. The van der Waals surface area contributed by atoms with E-state index in [2.05, 4.69) is 74.8 Å². The molecule has 3 N–H and O–H groups in total. The molecule has 10 heteroatoms. The number of aromatic nitrogens is 1. The van der Waals surface area contributed by atoms with Gasteiger partial charge in [-0.15, -0.1) is 0 Å². The molecule has 5 heterocycles. The number of fused-ring (bicyclic) bond motifs is 4. The molecule has 4 atom stereocenters. The Morgan fingerprint density at radius 2 is 1.80 bits per heavy atom. The molecule has 0 aliphatic carbocycles. The normalized spacial score (nSPS) is 22.5. The van der Waals surface area contributed by atoms with E-state index < -0.39 is 11.9 Å². The number of rotatable bonds is 7. The van der Waals surface area contributed by atoms with Gasteiger partial charge in [-0.2, -0.15) is 0 Å². The molecule has 0 bridgehead atoms. The van der Waals surface area contributed by atoms with Gasteiger partial charge < -0.3 is 20.1 Å². The van der Waals surface area contributed by atoms with E-state index >= 15 is 0 Å². The molecule has 4 aliphatic heterocycles. The van der Waals surface area contributed by atoms with E-state index in [1.165, 1.54) is 16.0 Å². The molecule has 252 valence electrons. The first-order valence-electron chi connectivity index (χ1n) is 17.1. The molecule has 2 saturated heterocycles. The molecular formula is C40H37N5O5. The Balaban J connectivity index is 0.977. The third-order valence-corrected chi connectivity index (χ3v) is 10.4. The predicted octanol–water partition coefficient (Wildman–Crippen LogP) is 4.29. The minimum Gasteiger partial charge on any atom is -0.481 e. The number of aliphatic hydroxyl groups is 1. The van der Waals surface area contributed by atoms with Crippen LogP contribution in [0.25, 0.3) is 11.1 Å². The molecule has 1 aromatic heterocycles. The molecule has 50 heavy (non-hydrogen) atoms. The minimum atomic E-state index is -0.679. The van der Waals surface area contributed by atoms with Crippen LogP contribution in [0.4, 0.5) is 5.69 Å². The van der Waals surface area contributed by atoms with E-state index in [9.17, 15) is 19.5 Å². The summed E-state index contributed by atoms with van der Waals surface area (Å²) in [4.78, 5) is 45.4. The first-order chi connectivity index (χ1) is 24.5. The van der Waals surface area contributed by atoms with Gasteiger partial charge in [0.2, 0.25) is 11.8 Å². The van der Waals surface area contributed by atoms with Crippen molar-refractivity contribution >= 4 is 23.4 Å². The van der Waals surface area contributed by atoms with Gasteiger partial charge in [-0.25, -0.2) is 0 Å². The van der Waals surface area contributed by atoms with E-state index in [0.717, 1.165) is 47.5 Å². The zero-order valence-electron chi connectivity index (χ0n) is 27.5. The molecule has 4 aliphatic rings. The molecular weight excluding hydrogens is 630 g/mol. The fourth-order valence-electron chi connectivity index (χ4n) is 7.96. The second kappa shape index (κ2) is 13.4. The Kier molecular flexibility index (Phi) is 8.53. The summed E-state index contributed by atoms with van der Waals surface area (Å²) >= 11 is 0. The topological polar surface area (TPSA) is 124 Å². The Labute approximate surface area is 290 Å². The van der Waals surface area contributed by atoms with Gasteiger partial charge in [-0.3, -0.25) is 29.6 Å². The standard InChI is InChI=1S/C40H37N5O5/c46-24-34-30-15-18-44(22-26-13-16-41-17-14-26)38(30)31-21-28(9-10-33(31)42-34)27-6-1-4-25(20-27)5-3-19-50-36-8-2-7-29-32(36)23-45(40(29)49)35-11-12-37(47)43-39(35)48/h1-2,4,6-10,13-14,16-17,20-21,30,34-35,38,42,46H,11-12,15,18-19,22-24H2,(H,43,47,48)/t30-,34-,35?,38-/m1/s1. The average Bonchev–Trinajstić information content (AvgIpc) is 3.71. The Morgan fingerprint density at radius 1 is 0.960 bits per heavy atom. The summed E-state index contributed by atoms with van der Waals surface area (Å²) in [5.74, 6) is 6.23. The predicted molar refractivity (Wildman–Crippen MR) is 187 cm³/mol. The number of nitrogens with zero attached hydrogens (tertiary/aromatic N) is 3. The number of aliphatic hydroxyl groups excluding tert-OH is 1. The third kappa shape index (κ3) is 5.99. The van der Waals surface area contributed by atoms with Crippen molar-refractivity contribution in [1.29, 1.82) is 0 Å². The number of hydrogen-bond acceptors (Lipinski definition) is 8. The van der Waals surface area contributed by atoms with E-state index in [1.807, 2.05) is 30.6 Å². The molecule has 0 spiro atoms. The van der Waals surface area contributed by atoms with Crippen molar-refractivity contribution in [2.24, 2.45) is 5.92 Å². The van der Waals surface area contributed by atoms with Gasteiger partial charge in [0.1, 0.15) is 18.4 Å². The molecule has 3 aromatic carbocycles. The van der Waals surface area contributed by atoms with Crippen molar-refractivity contribution in [3.63, 3.8) is 0 Å². The number of hydrogen-bond donors (Lipinski definition) is 3. The van der Waals surface area contributed by atoms with Crippen LogP contribution in [0.15, 0.2) is 85.2 Å². The van der Waals surface area contributed by atoms with Gasteiger partial charge in [0.05, 0.1) is 19.2 Å². The van der Waals surface area contributed by atoms with E-state index in [0.29, 0.717) is 23.7 Å². The maximum absolute atomic E-state index is 13.2. The van der Waals surface area contributed by atoms with Crippen LogP contribution in [0.2, 0.25) is 0 Å². The molecule has 3 amide bonds. The SMILES string of the molecule is O=C1CCC(N2Cc3c(OCC#Cc4cccc(-c5ccc6c(c5)[C@H]5[C@H](CCN5Cc5ccncc5)[C@@H](CO)N6)c4)cccc3C2=O)C(=O)N1. The Bertz CT molecular complexity index is 2040. The number of amides is 3. The second-order valence-electron chi connectivity index (χ2n) is 13.3. The number of ether oxygens (including phenoxy) is 1. The van der Waals surface area contributed by atoms with E-state index in [-0.39, 0.29) is 50.1 Å². The monoisotopic (exact) mass is 667 g/mol. The quantitative estimate of drug-likeness (QED) is 0.197. The number of carbonyl (C=O) groups excluding carboxylic acids is 3. The van der Waals surface area contributed by atoms with Crippen LogP contribution in [-0.4, -0.2) is 69.5 Å².